The molecule has 0 saturated carbocycles. The lowest BCUT2D eigenvalue weighted by molar-refractivity contribution is 0.150. The second-order valence-electron chi connectivity index (χ2n) is 6.05. The van der Waals surface area contributed by atoms with Gasteiger partial charge in [0.1, 0.15) is 0 Å². The molecule has 1 N–H and O–H groups in total. The van der Waals surface area contributed by atoms with Crippen LogP contribution in [-0.2, 0) is 10.2 Å². The fourth-order valence-electron chi connectivity index (χ4n) is 3.32. The predicted molar refractivity (Wildman–Crippen MR) is 80.9 cm³/mol. The molecule has 6 nitrogen and oxygen atoms in total. The first-order valence-electron chi connectivity index (χ1n) is 7.58. The van der Waals surface area contributed by atoms with E-state index in [1.807, 2.05) is 21.0 Å². The van der Waals surface area contributed by atoms with Gasteiger partial charge in [-0.1, -0.05) is 6.42 Å². The zero-order chi connectivity index (χ0) is 14.8. The molecule has 0 bridgehead atoms. The minimum absolute atomic E-state index is 0.0518. The van der Waals surface area contributed by atoms with Crippen molar-refractivity contribution in [2.24, 2.45) is 0 Å². The van der Waals surface area contributed by atoms with Crippen LogP contribution >= 0.6 is 0 Å². The van der Waals surface area contributed by atoms with Crippen LogP contribution in [0.25, 0.3) is 0 Å². The van der Waals surface area contributed by atoms with E-state index in [0.29, 0.717) is 13.1 Å². The van der Waals surface area contributed by atoms with Gasteiger partial charge in [0, 0.05) is 44.8 Å². The van der Waals surface area contributed by atoms with Gasteiger partial charge in [-0.05, 0) is 33.9 Å². The fraction of sp³-hybridized carbons (Fsp3) is 1.00. The van der Waals surface area contributed by atoms with Gasteiger partial charge in [0.05, 0.1) is 0 Å². The summed E-state index contributed by atoms with van der Waals surface area (Å²) in [5.74, 6) is 0. The zero-order valence-corrected chi connectivity index (χ0v) is 13.7. The molecule has 2 unspecified atom stereocenters. The molecule has 0 amide bonds. The lowest BCUT2D eigenvalue weighted by Gasteiger charge is -2.43. The zero-order valence-electron chi connectivity index (χ0n) is 12.9. The minimum Gasteiger partial charge on any atom is -0.318 e. The summed E-state index contributed by atoms with van der Waals surface area (Å²) in [6.07, 6.45) is 3.06. The average Bonchev–Trinajstić information content (AvgIpc) is 2.39. The Bertz CT molecular complexity index is 413. The Labute approximate surface area is 123 Å². The number of hydrogen-bond acceptors (Lipinski definition) is 4. The van der Waals surface area contributed by atoms with Crippen molar-refractivity contribution in [3.8, 4) is 0 Å². The van der Waals surface area contributed by atoms with Crippen molar-refractivity contribution in [2.75, 3.05) is 46.8 Å². The molecule has 118 valence electrons. The molecular weight excluding hydrogens is 276 g/mol. The monoisotopic (exact) mass is 304 g/mol. The van der Waals surface area contributed by atoms with Crippen LogP contribution in [0.15, 0.2) is 0 Å². The fourth-order valence-corrected chi connectivity index (χ4v) is 5.34. The molecule has 2 fully saturated rings. The Morgan fingerprint density at radius 3 is 2.55 bits per heavy atom. The minimum atomic E-state index is -3.33. The van der Waals surface area contributed by atoms with E-state index in [2.05, 4.69) is 10.2 Å². The molecule has 0 spiro atoms. The molecular formula is C13H28N4O2S. The summed E-state index contributed by atoms with van der Waals surface area (Å²) in [5, 5.41) is 3.13. The van der Waals surface area contributed by atoms with Crippen LogP contribution in [0, 0.1) is 0 Å². The largest absolute Gasteiger partial charge is 0.318 e. The average molecular weight is 304 g/mol. The Morgan fingerprint density at radius 1 is 1.15 bits per heavy atom. The Hall–Kier alpha value is -0.210. The first-order valence-corrected chi connectivity index (χ1v) is 8.98. The molecule has 2 aliphatic rings. The maximum Gasteiger partial charge on any atom is 0.282 e. The molecule has 0 radical (unpaired) electrons. The highest BCUT2D eigenvalue weighted by atomic mass is 32.2. The van der Waals surface area contributed by atoms with Crippen molar-refractivity contribution in [1.29, 1.82) is 0 Å². The molecule has 2 saturated heterocycles. The first kappa shape index (κ1) is 16.2. The third kappa shape index (κ3) is 3.33. The van der Waals surface area contributed by atoms with Crippen molar-refractivity contribution in [1.82, 2.24) is 18.8 Å². The van der Waals surface area contributed by atoms with E-state index >= 15 is 0 Å². The van der Waals surface area contributed by atoms with Crippen LogP contribution < -0.4 is 5.32 Å². The molecule has 2 aliphatic heterocycles. The van der Waals surface area contributed by atoms with Gasteiger partial charge in [0.2, 0.25) is 0 Å². The summed E-state index contributed by atoms with van der Waals surface area (Å²) in [6.45, 7) is 5.62. The smallest absolute Gasteiger partial charge is 0.282 e. The number of piperazine rings is 1. The number of hydrogen-bond donors (Lipinski definition) is 1. The summed E-state index contributed by atoms with van der Waals surface area (Å²) < 4.78 is 29.3. The second kappa shape index (κ2) is 6.70. The summed E-state index contributed by atoms with van der Waals surface area (Å²) in [4.78, 5) is 2.19. The van der Waals surface area contributed by atoms with Crippen molar-refractivity contribution in [3.63, 3.8) is 0 Å². The van der Waals surface area contributed by atoms with E-state index in [0.717, 1.165) is 38.9 Å². The van der Waals surface area contributed by atoms with Crippen LogP contribution in [0.1, 0.15) is 26.2 Å². The molecule has 2 heterocycles. The molecule has 2 atom stereocenters. The van der Waals surface area contributed by atoms with E-state index in [4.69, 9.17) is 0 Å². The highest BCUT2D eigenvalue weighted by Gasteiger charge is 2.39. The van der Waals surface area contributed by atoms with Gasteiger partial charge in [-0.15, -0.1) is 0 Å². The third-order valence-electron chi connectivity index (χ3n) is 4.38. The summed E-state index contributed by atoms with van der Waals surface area (Å²) in [6, 6.07) is 0.154. The molecule has 0 aromatic carbocycles. The SMILES string of the molecule is CNCC1CCCCN1S(=O)(=O)N1CCN(C)CC1C. The van der Waals surface area contributed by atoms with E-state index in [-0.39, 0.29) is 12.1 Å². The highest BCUT2D eigenvalue weighted by molar-refractivity contribution is 7.86. The Kier molecular flexibility index (Phi) is 5.42. The van der Waals surface area contributed by atoms with Crippen molar-refractivity contribution < 1.29 is 8.42 Å². The second-order valence-corrected chi connectivity index (χ2v) is 7.88. The molecule has 0 aromatic rings. The standard InChI is InChI=1S/C13H28N4O2S/c1-12-11-15(3)8-9-16(12)20(18,19)17-7-5-4-6-13(17)10-14-2/h12-14H,4-11H2,1-3H3. The molecule has 0 aromatic heterocycles. The van der Waals surface area contributed by atoms with Gasteiger partial charge in [0.15, 0.2) is 0 Å². The maximum atomic E-state index is 12.9. The Balaban J connectivity index is 2.15. The number of nitrogens with zero attached hydrogens (tertiary/aromatic N) is 3. The summed E-state index contributed by atoms with van der Waals surface area (Å²) in [7, 11) is 0.605. The van der Waals surface area contributed by atoms with Gasteiger partial charge >= 0.3 is 0 Å². The van der Waals surface area contributed by atoms with E-state index in [9.17, 15) is 8.42 Å². The molecule has 7 heteroatoms. The normalized spacial score (nSPS) is 31.6. The number of rotatable bonds is 4. The van der Waals surface area contributed by atoms with Crippen molar-refractivity contribution >= 4 is 10.2 Å². The van der Waals surface area contributed by atoms with Gasteiger partial charge in [0.25, 0.3) is 10.2 Å². The van der Waals surface area contributed by atoms with Gasteiger partial charge in [-0.25, -0.2) is 0 Å². The molecule has 0 aliphatic carbocycles. The topological polar surface area (TPSA) is 55.9 Å². The first-order chi connectivity index (χ1) is 9.46. The summed E-state index contributed by atoms with van der Waals surface area (Å²) >= 11 is 0. The van der Waals surface area contributed by atoms with Crippen LogP contribution in [-0.4, -0.2) is 80.8 Å². The maximum absolute atomic E-state index is 12.9. The molecule has 20 heavy (non-hydrogen) atoms. The number of piperidine rings is 1. The number of likely N-dealkylation sites (N-methyl/N-ethyl adjacent to an activating group) is 2. The van der Waals surface area contributed by atoms with E-state index in [1.165, 1.54) is 0 Å². The Morgan fingerprint density at radius 2 is 1.90 bits per heavy atom. The van der Waals surface area contributed by atoms with Crippen LogP contribution in [0.4, 0.5) is 0 Å². The van der Waals surface area contributed by atoms with Crippen LogP contribution in [0.2, 0.25) is 0 Å². The van der Waals surface area contributed by atoms with Crippen LogP contribution in [0.5, 0.6) is 0 Å². The third-order valence-corrected chi connectivity index (χ3v) is 6.58. The number of nitrogens with one attached hydrogen (secondary N) is 1. The quantitative estimate of drug-likeness (QED) is 0.791. The molecule has 2 rings (SSSR count). The van der Waals surface area contributed by atoms with Gasteiger partial charge < -0.3 is 10.2 Å². The predicted octanol–water partition coefficient (Wildman–Crippen LogP) is -0.0590. The van der Waals surface area contributed by atoms with Crippen molar-refractivity contribution in [3.05, 3.63) is 0 Å². The highest BCUT2D eigenvalue weighted by Crippen LogP contribution is 2.24. The lowest BCUT2D eigenvalue weighted by atomic mass is 10.1. The van der Waals surface area contributed by atoms with E-state index < -0.39 is 10.2 Å². The lowest BCUT2D eigenvalue weighted by Crippen LogP contribution is -2.59. The van der Waals surface area contributed by atoms with Gasteiger partial charge in [-0.3, -0.25) is 0 Å². The van der Waals surface area contributed by atoms with Crippen LogP contribution in [0.3, 0.4) is 0 Å². The van der Waals surface area contributed by atoms with Crippen molar-refractivity contribution in [2.45, 2.75) is 38.3 Å². The summed E-state index contributed by atoms with van der Waals surface area (Å²) in [5.41, 5.74) is 0. The van der Waals surface area contributed by atoms with E-state index in [1.54, 1.807) is 8.61 Å². The van der Waals surface area contributed by atoms with Gasteiger partial charge in [-0.2, -0.15) is 17.0 Å².